The van der Waals surface area contributed by atoms with E-state index >= 15 is 0 Å². The van der Waals surface area contributed by atoms with Gasteiger partial charge in [0.2, 0.25) is 5.91 Å². The number of carbonyl (C=O) groups is 2. The van der Waals surface area contributed by atoms with Gasteiger partial charge in [-0.3, -0.25) is 9.59 Å². The van der Waals surface area contributed by atoms with Crippen LogP contribution in [-0.4, -0.2) is 30.1 Å². The zero-order valence-electron chi connectivity index (χ0n) is 9.97. The Kier molecular flexibility index (Phi) is 4.79. The topological polar surface area (TPSA) is 83.6 Å². The summed E-state index contributed by atoms with van der Waals surface area (Å²) in [7, 11) is 1.51. The van der Waals surface area contributed by atoms with Crippen molar-refractivity contribution in [3.63, 3.8) is 0 Å². The quantitative estimate of drug-likeness (QED) is 0.820. The maximum atomic E-state index is 12.7. The lowest BCUT2D eigenvalue weighted by Gasteiger charge is -2.21. The molecule has 98 valence electrons. The molecule has 1 atom stereocenters. The molecule has 1 aromatic carbocycles. The van der Waals surface area contributed by atoms with Crippen LogP contribution < -0.4 is 10.6 Å². The van der Waals surface area contributed by atoms with E-state index in [0.29, 0.717) is 5.69 Å². The van der Waals surface area contributed by atoms with Gasteiger partial charge in [-0.2, -0.15) is 0 Å². The van der Waals surface area contributed by atoms with E-state index < -0.39 is 23.7 Å². The van der Waals surface area contributed by atoms with Gasteiger partial charge in [0.1, 0.15) is 5.82 Å². The molecule has 3 N–H and O–H groups in total. The highest BCUT2D eigenvalue weighted by molar-refractivity contribution is 5.96. The SMILES string of the molecule is CN(C(=O)C(N)CCC(=O)O)c1ccc(F)cc1. The van der Waals surface area contributed by atoms with Crippen molar-refractivity contribution < 1.29 is 19.1 Å². The van der Waals surface area contributed by atoms with Crippen LogP contribution in [0.25, 0.3) is 0 Å². The van der Waals surface area contributed by atoms with Crippen molar-refractivity contribution in [3.8, 4) is 0 Å². The Labute approximate surface area is 104 Å². The number of amides is 1. The standard InChI is InChI=1S/C12H15FN2O3/c1-15(9-4-2-8(13)3-5-9)12(18)10(14)6-7-11(16)17/h2-5,10H,6-7,14H2,1H3,(H,16,17). The van der Waals surface area contributed by atoms with Gasteiger partial charge in [-0.15, -0.1) is 0 Å². The fourth-order valence-electron chi connectivity index (χ4n) is 1.44. The Hall–Kier alpha value is -1.95. The minimum atomic E-state index is -0.998. The summed E-state index contributed by atoms with van der Waals surface area (Å²) >= 11 is 0. The molecule has 0 aliphatic rings. The minimum Gasteiger partial charge on any atom is -0.481 e. The molecule has 0 saturated heterocycles. The summed E-state index contributed by atoms with van der Waals surface area (Å²) in [5, 5.41) is 8.51. The van der Waals surface area contributed by atoms with Crippen LogP contribution in [0.2, 0.25) is 0 Å². The van der Waals surface area contributed by atoms with Crippen LogP contribution in [0.5, 0.6) is 0 Å². The number of carboxylic acid groups (broad SMARTS) is 1. The van der Waals surface area contributed by atoms with E-state index in [2.05, 4.69) is 0 Å². The summed E-state index contributed by atoms with van der Waals surface area (Å²) < 4.78 is 12.7. The molecule has 0 aliphatic heterocycles. The molecule has 0 radical (unpaired) electrons. The van der Waals surface area contributed by atoms with Crippen molar-refractivity contribution in [1.82, 2.24) is 0 Å². The summed E-state index contributed by atoms with van der Waals surface area (Å²) in [5.74, 6) is -1.79. The lowest BCUT2D eigenvalue weighted by atomic mass is 10.1. The normalized spacial score (nSPS) is 11.9. The number of benzene rings is 1. The lowest BCUT2D eigenvalue weighted by molar-refractivity contribution is -0.137. The second-order valence-electron chi connectivity index (χ2n) is 3.91. The largest absolute Gasteiger partial charge is 0.481 e. The summed E-state index contributed by atoms with van der Waals surface area (Å²) in [6.07, 6.45) is -0.0934. The molecule has 0 spiro atoms. The van der Waals surface area contributed by atoms with E-state index in [9.17, 15) is 14.0 Å². The van der Waals surface area contributed by atoms with Crippen molar-refractivity contribution in [3.05, 3.63) is 30.1 Å². The second kappa shape index (κ2) is 6.11. The molecule has 0 saturated carbocycles. The predicted molar refractivity (Wildman–Crippen MR) is 64.7 cm³/mol. The molecular formula is C12H15FN2O3. The zero-order valence-corrected chi connectivity index (χ0v) is 9.97. The molecule has 1 aromatic rings. The average Bonchev–Trinajstić information content (AvgIpc) is 2.35. The van der Waals surface area contributed by atoms with Crippen LogP contribution in [0.3, 0.4) is 0 Å². The number of likely N-dealkylation sites (N-methyl/N-ethyl adjacent to an activating group) is 1. The van der Waals surface area contributed by atoms with Gasteiger partial charge in [0.25, 0.3) is 0 Å². The molecular weight excluding hydrogens is 239 g/mol. The van der Waals surface area contributed by atoms with Crippen LogP contribution in [-0.2, 0) is 9.59 Å². The van der Waals surface area contributed by atoms with Gasteiger partial charge in [0.05, 0.1) is 6.04 Å². The van der Waals surface area contributed by atoms with E-state index in [1.54, 1.807) is 0 Å². The molecule has 0 bridgehead atoms. The third kappa shape index (κ3) is 3.81. The number of nitrogens with two attached hydrogens (primary N) is 1. The highest BCUT2D eigenvalue weighted by atomic mass is 19.1. The molecule has 0 aliphatic carbocycles. The first kappa shape index (κ1) is 14.1. The maximum Gasteiger partial charge on any atom is 0.303 e. The summed E-state index contributed by atoms with van der Waals surface area (Å²) in [6, 6.07) is 4.51. The average molecular weight is 254 g/mol. The fourth-order valence-corrected chi connectivity index (χ4v) is 1.44. The molecule has 1 rings (SSSR count). The first-order valence-electron chi connectivity index (χ1n) is 5.42. The molecule has 0 fully saturated rings. The summed E-state index contributed by atoms with van der Waals surface area (Å²) in [4.78, 5) is 23.5. The number of nitrogens with zero attached hydrogens (tertiary/aromatic N) is 1. The highest BCUT2D eigenvalue weighted by Crippen LogP contribution is 2.14. The van der Waals surface area contributed by atoms with Crippen LogP contribution in [0.4, 0.5) is 10.1 Å². The number of hydrogen-bond acceptors (Lipinski definition) is 3. The maximum absolute atomic E-state index is 12.7. The molecule has 1 unspecified atom stereocenters. The molecule has 1 amide bonds. The van der Waals surface area contributed by atoms with E-state index in [1.807, 2.05) is 0 Å². The second-order valence-corrected chi connectivity index (χ2v) is 3.91. The number of aliphatic carboxylic acids is 1. The molecule has 18 heavy (non-hydrogen) atoms. The molecule has 0 aromatic heterocycles. The smallest absolute Gasteiger partial charge is 0.303 e. The van der Waals surface area contributed by atoms with Gasteiger partial charge in [0, 0.05) is 19.2 Å². The van der Waals surface area contributed by atoms with E-state index in [1.165, 1.54) is 36.2 Å². The van der Waals surface area contributed by atoms with Crippen molar-refractivity contribution in [2.24, 2.45) is 5.73 Å². The van der Waals surface area contributed by atoms with Gasteiger partial charge in [-0.1, -0.05) is 0 Å². The van der Waals surface area contributed by atoms with Gasteiger partial charge >= 0.3 is 5.97 Å². The Balaban J connectivity index is 2.65. The number of anilines is 1. The molecule has 6 heteroatoms. The first-order chi connectivity index (χ1) is 8.41. The zero-order chi connectivity index (χ0) is 13.7. The Morgan fingerprint density at radius 2 is 1.94 bits per heavy atom. The number of rotatable bonds is 5. The van der Waals surface area contributed by atoms with Gasteiger partial charge in [0.15, 0.2) is 0 Å². The van der Waals surface area contributed by atoms with E-state index in [0.717, 1.165) is 0 Å². The van der Waals surface area contributed by atoms with Gasteiger partial charge in [-0.25, -0.2) is 4.39 Å². The van der Waals surface area contributed by atoms with Crippen LogP contribution >= 0.6 is 0 Å². The van der Waals surface area contributed by atoms with E-state index in [4.69, 9.17) is 10.8 Å². The summed E-state index contributed by atoms with van der Waals surface area (Å²) in [6.45, 7) is 0. The van der Waals surface area contributed by atoms with Gasteiger partial charge in [-0.05, 0) is 30.7 Å². The third-order valence-corrected chi connectivity index (χ3v) is 2.53. The van der Waals surface area contributed by atoms with Crippen LogP contribution in [0.1, 0.15) is 12.8 Å². The van der Waals surface area contributed by atoms with Gasteiger partial charge < -0.3 is 15.7 Å². The third-order valence-electron chi connectivity index (χ3n) is 2.53. The number of hydrogen-bond donors (Lipinski definition) is 2. The Morgan fingerprint density at radius 1 is 1.39 bits per heavy atom. The minimum absolute atomic E-state index is 0.0691. The number of carboxylic acids is 1. The highest BCUT2D eigenvalue weighted by Gasteiger charge is 2.19. The lowest BCUT2D eigenvalue weighted by Crippen LogP contribution is -2.42. The summed E-state index contributed by atoms with van der Waals surface area (Å²) in [5.41, 5.74) is 6.11. The Bertz CT molecular complexity index is 433. The monoisotopic (exact) mass is 254 g/mol. The van der Waals surface area contributed by atoms with Crippen LogP contribution in [0.15, 0.2) is 24.3 Å². The number of halogens is 1. The first-order valence-corrected chi connectivity index (χ1v) is 5.42. The van der Waals surface area contributed by atoms with Crippen molar-refractivity contribution in [2.45, 2.75) is 18.9 Å². The number of carbonyl (C=O) groups excluding carboxylic acids is 1. The molecule has 0 heterocycles. The van der Waals surface area contributed by atoms with Crippen molar-refractivity contribution in [2.75, 3.05) is 11.9 Å². The van der Waals surface area contributed by atoms with Crippen molar-refractivity contribution >= 4 is 17.6 Å². The van der Waals surface area contributed by atoms with Crippen molar-refractivity contribution in [1.29, 1.82) is 0 Å². The Morgan fingerprint density at radius 3 is 2.44 bits per heavy atom. The fraction of sp³-hybridized carbons (Fsp3) is 0.333. The molecule has 5 nitrogen and oxygen atoms in total. The predicted octanol–water partition coefficient (Wildman–Crippen LogP) is 0.981. The van der Waals surface area contributed by atoms with E-state index in [-0.39, 0.29) is 12.8 Å². The van der Waals surface area contributed by atoms with Crippen LogP contribution in [0, 0.1) is 5.82 Å².